The Morgan fingerprint density at radius 1 is 1.13 bits per heavy atom. The first kappa shape index (κ1) is 24.7. The first-order valence-electron chi connectivity index (χ1n) is 10.1. The first-order valence-corrected chi connectivity index (χ1v) is 11.5. The van der Waals surface area contributed by atoms with Gasteiger partial charge in [0.05, 0.1) is 11.0 Å². The second kappa shape index (κ2) is 11.2. The van der Waals surface area contributed by atoms with Crippen molar-refractivity contribution in [2.45, 2.75) is 37.1 Å². The molecule has 0 fully saturated rings. The van der Waals surface area contributed by atoms with Gasteiger partial charge in [0.15, 0.2) is 0 Å². The SMILES string of the molecule is CC(C)CN(CC(O)[C@@H](BOC=N)Cc1ccc(O)cc1)S(=O)(=O)c1ccc(N)cc1. The number of hydrogen-bond donors (Lipinski definition) is 4. The Balaban J connectivity index is 2.25. The lowest BCUT2D eigenvalue weighted by Gasteiger charge is -2.29. The van der Waals surface area contributed by atoms with Crippen molar-refractivity contribution in [3.63, 3.8) is 0 Å². The number of aromatic hydroxyl groups is 1. The van der Waals surface area contributed by atoms with Gasteiger partial charge in [-0.1, -0.05) is 26.0 Å². The van der Waals surface area contributed by atoms with E-state index in [-0.39, 0.29) is 37.1 Å². The standard InChI is InChI=1S/C21H30BN3O5S/c1-15(2)12-25(31(28,29)19-9-5-17(24)6-10-19)13-21(27)20(22-30-14-23)11-16-3-7-18(26)8-4-16/h3-10,14-15,20-23,26-27H,11-13,24H2,1-2H3/t20-,21?/m0/s1. The average molecular weight is 447 g/mol. The molecule has 2 rings (SSSR count). The van der Waals surface area contributed by atoms with Gasteiger partial charge in [-0.3, -0.25) is 5.41 Å². The summed E-state index contributed by atoms with van der Waals surface area (Å²) in [6.07, 6.45) is 0.163. The summed E-state index contributed by atoms with van der Waals surface area (Å²) in [4.78, 5) is 0.111. The van der Waals surface area contributed by atoms with Crippen LogP contribution in [0.25, 0.3) is 0 Å². The number of sulfonamides is 1. The van der Waals surface area contributed by atoms with E-state index in [4.69, 9.17) is 15.8 Å². The third-order valence-electron chi connectivity index (χ3n) is 4.85. The lowest BCUT2D eigenvalue weighted by Crippen LogP contribution is -2.42. The van der Waals surface area contributed by atoms with Crippen LogP contribution in [0, 0.1) is 11.3 Å². The average Bonchev–Trinajstić information content (AvgIpc) is 2.72. The van der Waals surface area contributed by atoms with Crippen LogP contribution in [0.1, 0.15) is 19.4 Å². The highest BCUT2D eigenvalue weighted by molar-refractivity contribution is 7.89. The van der Waals surface area contributed by atoms with E-state index in [0.717, 1.165) is 12.0 Å². The van der Waals surface area contributed by atoms with Crippen LogP contribution in [0.2, 0.25) is 5.82 Å². The molecular weight excluding hydrogens is 417 g/mol. The molecule has 8 nitrogen and oxygen atoms in total. The first-order chi connectivity index (χ1) is 14.6. The fourth-order valence-electron chi connectivity index (χ4n) is 3.24. The molecule has 0 radical (unpaired) electrons. The van der Waals surface area contributed by atoms with Crippen molar-refractivity contribution in [3.05, 3.63) is 54.1 Å². The van der Waals surface area contributed by atoms with Crippen molar-refractivity contribution in [2.24, 2.45) is 5.92 Å². The molecule has 0 saturated carbocycles. The molecule has 31 heavy (non-hydrogen) atoms. The number of aliphatic hydroxyl groups is 1. The molecule has 0 heterocycles. The number of phenolic OH excluding ortho intramolecular Hbond substituents is 1. The van der Waals surface area contributed by atoms with Gasteiger partial charge in [-0.15, -0.1) is 0 Å². The van der Waals surface area contributed by atoms with Crippen LogP contribution in [-0.4, -0.2) is 56.0 Å². The van der Waals surface area contributed by atoms with E-state index < -0.39 is 21.9 Å². The van der Waals surface area contributed by atoms with E-state index >= 15 is 0 Å². The molecule has 0 aliphatic carbocycles. The van der Waals surface area contributed by atoms with Gasteiger partial charge in [0.1, 0.15) is 12.2 Å². The third-order valence-corrected chi connectivity index (χ3v) is 6.70. The fourth-order valence-corrected chi connectivity index (χ4v) is 4.86. The molecule has 1 unspecified atom stereocenters. The molecular formula is C21H30BN3O5S. The lowest BCUT2D eigenvalue weighted by atomic mass is 9.72. The summed E-state index contributed by atoms with van der Waals surface area (Å²) in [7, 11) is -3.78. The largest absolute Gasteiger partial charge is 0.557 e. The van der Waals surface area contributed by atoms with Gasteiger partial charge in [-0.25, -0.2) is 8.42 Å². The Morgan fingerprint density at radius 2 is 1.74 bits per heavy atom. The van der Waals surface area contributed by atoms with E-state index in [1.165, 1.54) is 28.6 Å². The number of nitrogens with two attached hydrogens (primary N) is 1. The summed E-state index contributed by atoms with van der Waals surface area (Å²) in [6, 6.07) is 12.5. The topological polar surface area (TPSA) is 137 Å². The predicted octanol–water partition coefficient (Wildman–Crippen LogP) is 1.99. The molecule has 2 atom stereocenters. The Bertz CT molecular complexity index is 936. The van der Waals surface area contributed by atoms with E-state index in [0.29, 0.717) is 12.1 Å². The molecule has 0 aliphatic heterocycles. The van der Waals surface area contributed by atoms with Crippen molar-refractivity contribution in [2.75, 3.05) is 18.8 Å². The molecule has 5 N–H and O–H groups in total. The molecule has 2 aromatic carbocycles. The quantitative estimate of drug-likeness (QED) is 0.170. The van der Waals surface area contributed by atoms with Gasteiger partial charge in [0.25, 0.3) is 0 Å². The van der Waals surface area contributed by atoms with Crippen molar-refractivity contribution in [1.29, 1.82) is 5.41 Å². The second-order valence-corrected chi connectivity index (χ2v) is 9.87. The number of anilines is 1. The van der Waals surface area contributed by atoms with Crippen LogP contribution in [0.15, 0.2) is 53.4 Å². The molecule has 168 valence electrons. The minimum absolute atomic E-state index is 0.0455. The molecule has 0 bridgehead atoms. The van der Waals surface area contributed by atoms with Crippen molar-refractivity contribution >= 4 is 29.6 Å². The van der Waals surface area contributed by atoms with E-state index in [9.17, 15) is 18.6 Å². The Labute approximate surface area is 184 Å². The predicted molar refractivity (Wildman–Crippen MR) is 123 cm³/mol. The van der Waals surface area contributed by atoms with Crippen molar-refractivity contribution in [1.82, 2.24) is 4.31 Å². The number of phenols is 1. The molecule has 10 heteroatoms. The van der Waals surface area contributed by atoms with Crippen LogP contribution in [0.5, 0.6) is 5.75 Å². The number of nitrogen functional groups attached to an aromatic ring is 1. The van der Waals surface area contributed by atoms with Gasteiger partial charge in [-0.05, 0) is 54.3 Å². The van der Waals surface area contributed by atoms with E-state index in [1.807, 2.05) is 13.8 Å². The zero-order valence-electron chi connectivity index (χ0n) is 17.8. The maximum atomic E-state index is 13.2. The van der Waals surface area contributed by atoms with Crippen molar-refractivity contribution in [3.8, 4) is 5.75 Å². The van der Waals surface area contributed by atoms with Crippen LogP contribution < -0.4 is 5.73 Å². The summed E-state index contributed by atoms with van der Waals surface area (Å²) in [5.74, 6) is -0.277. The van der Waals surface area contributed by atoms with Crippen LogP contribution in [0.4, 0.5) is 5.69 Å². The van der Waals surface area contributed by atoms with E-state index in [2.05, 4.69) is 0 Å². The van der Waals surface area contributed by atoms with Crippen molar-refractivity contribution < 1.29 is 23.3 Å². The Morgan fingerprint density at radius 3 is 2.29 bits per heavy atom. The summed E-state index contributed by atoms with van der Waals surface area (Å²) in [6.45, 7) is 3.93. The Hall–Kier alpha value is -2.56. The number of rotatable bonds is 12. The number of benzene rings is 2. The second-order valence-electron chi connectivity index (χ2n) is 7.93. The Kier molecular flexibility index (Phi) is 8.91. The van der Waals surface area contributed by atoms with E-state index in [1.54, 1.807) is 24.3 Å². The molecule has 0 spiro atoms. The normalized spacial score (nSPS) is 13.7. The molecule has 2 aromatic rings. The molecule has 0 saturated heterocycles. The maximum Gasteiger partial charge on any atom is 0.347 e. The van der Waals surface area contributed by atoms with Gasteiger partial charge < -0.3 is 20.6 Å². The number of nitrogens with zero attached hydrogens (tertiary/aromatic N) is 1. The summed E-state index contributed by atoms with van der Waals surface area (Å²) in [5.41, 5.74) is 7.00. The van der Waals surface area contributed by atoms with Gasteiger partial charge >= 0.3 is 7.48 Å². The maximum absolute atomic E-state index is 13.2. The molecule has 0 aliphatic rings. The number of aliphatic hydroxyl groups excluding tert-OH is 1. The highest BCUT2D eigenvalue weighted by atomic mass is 32.2. The van der Waals surface area contributed by atoms with Gasteiger partial charge in [0, 0.05) is 24.6 Å². The molecule has 0 amide bonds. The smallest absolute Gasteiger partial charge is 0.347 e. The van der Waals surface area contributed by atoms with Crippen LogP contribution >= 0.6 is 0 Å². The van der Waals surface area contributed by atoms with Crippen LogP contribution in [0.3, 0.4) is 0 Å². The minimum Gasteiger partial charge on any atom is -0.557 e. The lowest BCUT2D eigenvalue weighted by molar-refractivity contribution is 0.130. The zero-order chi connectivity index (χ0) is 23.0. The summed E-state index contributed by atoms with van der Waals surface area (Å²) >= 11 is 0. The van der Waals surface area contributed by atoms with Gasteiger partial charge in [-0.2, -0.15) is 4.31 Å². The minimum atomic E-state index is -3.84. The monoisotopic (exact) mass is 447 g/mol. The highest BCUT2D eigenvalue weighted by Crippen LogP contribution is 2.24. The zero-order valence-corrected chi connectivity index (χ0v) is 18.6. The van der Waals surface area contributed by atoms with Crippen LogP contribution in [-0.2, 0) is 21.1 Å². The number of hydrogen-bond acceptors (Lipinski definition) is 7. The third kappa shape index (κ3) is 7.27. The molecule has 0 aromatic heterocycles. The number of nitrogens with one attached hydrogen (secondary N) is 1. The van der Waals surface area contributed by atoms with Gasteiger partial charge in [0.2, 0.25) is 10.0 Å². The highest BCUT2D eigenvalue weighted by Gasteiger charge is 2.31. The fraction of sp³-hybridized carbons (Fsp3) is 0.381. The summed E-state index contributed by atoms with van der Waals surface area (Å²) < 4.78 is 32.8. The summed E-state index contributed by atoms with van der Waals surface area (Å²) in [5, 5.41) is 27.6.